The van der Waals surface area contributed by atoms with E-state index in [1.54, 1.807) is 0 Å². The van der Waals surface area contributed by atoms with E-state index in [1.165, 1.54) is 61.0 Å². The van der Waals surface area contributed by atoms with Crippen LogP contribution in [0.25, 0.3) is 6.08 Å². The first-order chi connectivity index (χ1) is 11.2. The van der Waals surface area contributed by atoms with Gasteiger partial charge in [0.05, 0.1) is 0 Å². The van der Waals surface area contributed by atoms with Gasteiger partial charge in [0, 0.05) is 0 Å². The summed E-state index contributed by atoms with van der Waals surface area (Å²) >= 11 is -2.58. The van der Waals surface area contributed by atoms with Gasteiger partial charge in [-0.2, -0.15) is 0 Å². The second kappa shape index (κ2) is 9.05. The zero-order valence-electron chi connectivity index (χ0n) is 15.2. The number of fused-ring (bicyclic) bond motifs is 1. The fraction of sp³-hybridized carbons (Fsp3) is 0.571. The molecule has 0 aliphatic heterocycles. The normalized spacial score (nSPS) is 14.0. The molecular formula is C21H32OSn. The van der Waals surface area contributed by atoms with Gasteiger partial charge in [-0.05, 0) is 0 Å². The van der Waals surface area contributed by atoms with Crippen LogP contribution < -0.4 is 0 Å². The van der Waals surface area contributed by atoms with Crippen LogP contribution in [-0.4, -0.2) is 24.2 Å². The van der Waals surface area contributed by atoms with E-state index >= 15 is 0 Å². The molecule has 0 saturated carbocycles. The molecule has 0 saturated heterocycles. The molecular weight excluding hydrogens is 387 g/mol. The van der Waals surface area contributed by atoms with Gasteiger partial charge in [-0.15, -0.1) is 0 Å². The van der Waals surface area contributed by atoms with E-state index in [2.05, 4.69) is 39.0 Å². The molecule has 0 heterocycles. The van der Waals surface area contributed by atoms with Gasteiger partial charge in [-0.1, -0.05) is 0 Å². The van der Waals surface area contributed by atoms with Crippen molar-refractivity contribution in [2.24, 2.45) is 0 Å². The van der Waals surface area contributed by atoms with Crippen LogP contribution in [0.1, 0.15) is 75.2 Å². The number of allylic oxidation sites excluding steroid dienone is 1. The zero-order chi connectivity index (χ0) is 16.7. The van der Waals surface area contributed by atoms with E-state index in [0.717, 1.165) is 5.56 Å². The van der Waals surface area contributed by atoms with Crippen molar-refractivity contribution in [2.45, 2.75) is 72.6 Å². The van der Waals surface area contributed by atoms with Gasteiger partial charge in [0.1, 0.15) is 0 Å². The summed E-state index contributed by atoms with van der Waals surface area (Å²) in [5, 5.41) is 0. The Morgan fingerprint density at radius 3 is 1.83 bits per heavy atom. The molecule has 126 valence electrons. The van der Waals surface area contributed by atoms with Gasteiger partial charge in [-0.3, -0.25) is 0 Å². The topological polar surface area (TPSA) is 17.1 Å². The van der Waals surface area contributed by atoms with Crippen molar-refractivity contribution in [3.05, 3.63) is 39.0 Å². The summed E-state index contributed by atoms with van der Waals surface area (Å²) < 4.78 is 5.43. The molecule has 0 unspecified atom stereocenters. The van der Waals surface area contributed by atoms with Crippen LogP contribution in [0, 0.1) is 0 Å². The van der Waals surface area contributed by atoms with Gasteiger partial charge in [0.15, 0.2) is 0 Å². The predicted molar refractivity (Wildman–Crippen MR) is 104 cm³/mol. The zero-order valence-corrected chi connectivity index (χ0v) is 18.0. The number of carbonyl (C=O) groups excluding carboxylic acids is 1. The number of hydrogen-bond acceptors (Lipinski definition) is 1. The van der Waals surface area contributed by atoms with E-state index in [4.69, 9.17) is 0 Å². The molecule has 0 amide bonds. The molecule has 0 N–H and O–H groups in total. The van der Waals surface area contributed by atoms with Gasteiger partial charge in [0.25, 0.3) is 0 Å². The van der Waals surface area contributed by atoms with Gasteiger partial charge < -0.3 is 0 Å². The summed E-state index contributed by atoms with van der Waals surface area (Å²) in [6.07, 6.45) is 10.00. The van der Waals surface area contributed by atoms with Crippen molar-refractivity contribution in [2.75, 3.05) is 0 Å². The van der Waals surface area contributed by atoms with Gasteiger partial charge in [0.2, 0.25) is 0 Å². The van der Waals surface area contributed by atoms with Crippen LogP contribution >= 0.6 is 0 Å². The Labute approximate surface area is 146 Å². The first kappa shape index (κ1) is 18.8. The molecule has 0 atom stereocenters. The SMILES string of the molecule is CCC[CH2][Sn]([CH2]CCC)([CH2]CCC)[C]1=Cc2ccccc2C1=O. The average Bonchev–Trinajstić information content (AvgIpc) is 2.92. The second-order valence-electron chi connectivity index (χ2n) is 7.07. The van der Waals surface area contributed by atoms with Crippen molar-refractivity contribution in [1.82, 2.24) is 0 Å². The quantitative estimate of drug-likeness (QED) is 0.388. The number of carbonyl (C=O) groups is 1. The third-order valence-electron chi connectivity index (χ3n) is 5.35. The minimum atomic E-state index is -2.58. The van der Waals surface area contributed by atoms with E-state index < -0.39 is 18.4 Å². The number of rotatable bonds is 10. The summed E-state index contributed by atoms with van der Waals surface area (Å²) in [5.74, 6) is 0.389. The number of unbranched alkanes of at least 4 members (excludes halogenated alkanes) is 3. The Balaban J connectivity index is 2.37. The van der Waals surface area contributed by atoms with Crippen LogP contribution in [0.3, 0.4) is 0 Å². The molecule has 0 spiro atoms. The van der Waals surface area contributed by atoms with Crippen molar-refractivity contribution < 1.29 is 4.79 Å². The molecule has 0 radical (unpaired) electrons. The number of benzene rings is 1. The standard InChI is InChI=1S/C9H5O.3C4H9.Sn/c10-9-6-5-7-3-1-2-4-8(7)9;3*1-3-4-2;/h1-5H;3*1,3-4H2,2H3;. The fourth-order valence-corrected chi connectivity index (χ4v) is 20.3. The Hall–Kier alpha value is -0.571. The Morgan fingerprint density at radius 1 is 0.826 bits per heavy atom. The number of hydrogen-bond donors (Lipinski definition) is 0. The van der Waals surface area contributed by atoms with Gasteiger partial charge >= 0.3 is 147 Å². The van der Waals surface area contributed by atoms with Crippen LogP contribution in [-0.2, 0) is 0 Å². The third kappa shape index (κ3) is 4.29. The van der Waals surface area contributed by atoms with Crippen LogP contribution in [0.4, 0.5) is 0 Å². The first-order valence-electron chi connectivity index (χ1n) is 9.54. The Kier molecular flexibility index (Phi) is 7.39. The Morgan fingerprint density at radius 2 is 1.35 bits per heavy atom. The van der Waals surface area contributed by atoms with E-state index in [0.29, 0.717) is 5.78 Å². The van der Waals surface area contributed by atoms with E-state index in [-0.39, 0.29) is 0 Å². The number of ketones is 1. The molecule has 1 aromatic rings. The van der Waals surface area contributed by atoms with Crippen LogP contribution in [0.15, 0.2) is 27.9 Å². The van der Waals surface area contributed by atoms with Crippen LogP contribution in [0.2, 0.25) is 13.3 Å². The van der Waals surface area contributed by atoms with Gasteiger partial charge in [-0.25, -0.2) is 0 Å². The molecule has 1 nitrogen and oxygen atoms in total. The fourth-order valence-electron chi connectivity index (χ4n) is 3.91. The minimum absolute atomic E-state index is 0.389. The predicted octanol–water partition coefficient (Wildman–Crippen LogP) is 6.65. The third-order valence-corrected chi connectivity index (χ3v) is 20.9. The van der Waals surface area contributed by atoms with Crippen LogP contribution in [0.5, 0.6) is 0 Å². The maximum absolute atomic E-state index is 13.1. The van der Waals surface area contributed by atoms with Crippen molar-refractivity contribution in [1.29, 1.82) is 0 Å². The summed E-state index contributed by atoms with van der Waals surface area (Å²) in [4.78, 5) is 13.1. The van der Waals surface area contributed by atoms with Crippen molar-refractivity contribution in [3.63, 3.8) is 0 Å². The summed E-state index contributed by atoms with van der Waals surface area (Å²) in [6.45, 7) is 6.86. The Bertz CT molecular complexity index is 537. The second-order valence-corrected chi connectivity index (χ2v) is 20.2. The molecule has 0 bridgehead atoms. The molecule has 0 aromatic heterocycles. The molecule has 1 aliphatic rings. The van der Waals surface area contributed by atoms with E-state index in [1.807, 2.05) is 12.1 Å². The molecule has 0 fully saturated rings. The summed E-state index contributed by atoms with van der Waals surface area (Å²) in [6, 6.07) is 8.22. The van der Waals surface area contributed by atoms with Crippen molar-refractivity contribution >= 4 is 30.2 Å². The first-order valence-corrected chi connectivity index (χ1v) is 17.0. The average molecular weight is 419 g/mol. The monoisotopic (exact) mass is 420 g/mol. The number of Topliss-reactive ketones (excluding diaryl/α,β-unsaturated/α-hetero) is 1. The molecule has 23 heavy (non-hydrogen) atoms. The molecule has 1 aromatic carbocycles. The molecule has 1 aliphatic carbocycles. The van der Waals surface area contributed by atoms with Crippen molar-refractivity contribution in [3.8, 4) is 0 Å². The van der Waals surface area contributed by atoms with E-state index in [9.17, 15) is 4.79 Å². The maximum atomic E-state index is 13.1. The molecule has 2 heteroatoms. The summed E-state index contributed by atoms with van der Waals surface area (Å²) in [5.41, 5.74) is 2.14. The summed E-state index contributed by atoms with van der Waals surface area (Å²) in [7, 11) is 0. The molecule has 2 rings (SSSR count).